The first kappa shape index (κ1) is 13.7. The van der Waals surface area contributed by atoms with Crippen LogP contribution in [0.25, 0.3) is 11.0 Å². The van der Waals surface area contributed by atoms with Crippen LogP contribution < -0.4 is 4.72 Å². The molecule has 0 amide bonds. The summed E-state index contributed by atoms with van der Waals surface area (Å²) in [6, 6.07) is 7.80. The first-order valence-electron chi connectivity index (χ1n) is 5.78. The second kappa shape index (κ2) is 4.90. The van der Waals surface area contributed by atoms with Gasteiger partial charge in [0.2, 0.25) is 0 Å². The number of fused-ring (bicyclic) bond motifs is 1. The Balaban J connectivity index is 1.92. The lowest BCUT2D eigenvalue weighted by atomic mass is 10.2. The van der Waals surface area contributed by atoms with E-state index in [2.05, 4.69) is 4.72 Å². The van der Waals surface area contributed by atoms with Crippen LogP contribution in [0.2, 0.25) is 0 Å². The average molecular weight is 323 g/mol. The Bertz CT molecular complexity index is 923. The molecule has 3 aromatic rings. The molecular formula is C13H9NO5S2. The standard InChI is InChI=1S/C13H9NO5S2/c15-13(16)12-6-10(7-20-12)21(17,18)14-9-2-1-8-3-4-19-11(8)5-9/h1-7,14H,(H,15,16). The largest absolute Gasteiger partial charge is 0.477 e. The number of rotatable bonds is 4. The van der Waals surface area contributed by atoms with Crippen molar-refractivity contribution in [1.82, 2.24) is 0 Å². The molecule has 0 unspecified atom stereocenters. The fraction of sp³-hybridized carbons (Fsp3) is 0. The Kier molecular flexibility index (Phi) is 3.19. The van der Waals surface area contributed by atoms with Gasteiger partial charge in [-0.3, -0.25) is 4.72 Å². The minimum absolute atomic E-state index is 0.0307. The second-order valence-corrected chi connectivity index (χ2v) is 6.82. The van der Waals surface area contributed by atoms with Gasteiger partial charge in [0.25, 0.3) is 10.0 Å². The summed E-state index contributed by atoms with van der Waals surface area (Å²) in [5.41, 5.74) is 0.910. The molecule has 0 aliphatic carbocycles. The van der Waals surface area contributed by atoms with E-state index >= 15 is 0 Å². The van der Waals surface area contributed by atoms with Crippen molar-refractivity contribution in [2.45, 2.75) is 4.90 Å². The predicted octanol–water partition coefficient (Wildman–Crippen LogP) is 2.99. The van der Waals surface area contributed by atoms with Gasteiger partial charge in [-0.05, 0) is 24.3 Å². The van der Waals surface area contributed by atoms with Gasteiger partial charge in [-0.15, -0.1) is 11.3 Å². The van der Waals surface area contributed by atoms with Crippen molar-refractivity contribution in [1.29, 1.82) is 0 Å². The SMILES string of the molecule is O=C(O)c1cc(S(=O)(=O)Nc2ccc3ccoc3c2)cs1. The smallest absolute Gasteiger partial charge is 0.345 e. The van der Waals surface area contributed by atoms with E-state index in [1.165, 1.54) is 11.6 Å². The highest BCUT2D eigenvalue weighted by molar-refractivity contribution is 7.92. The van der Waals surface area contributed by atoms with Crippen LogP contribution in [0.4, 0.5) is 5.69 Å². The van der Waals surface area contributed by atoms with E-state index in [9.17, 15) is 13.2 Å². The number of carboxylic acid groups (broad SMARTS) is 1. The van der Waals surface area contributed by atoms with Crippen molar-refractivity contribution in [2.24, 2.45) is 0 Å². The summed E-state index contributed by atoms with van der Waals surface area (Å²) >= 11 is 0.862. The van der Waals surface area contributed by atoms with Crippen LogP contribution in [0.5, 0.6) is 0 Å². The van der Waals surface area contributed by atoms with Crippen molar-refractivity contribution in [3.63, 3.8) is 0 Å². The molecule has 2 N–H and O–H groups in total. The molecule has 0 radical (unpaired) electrons. The third-order valence-corrected chi connectivity index (χ3v) is 5.23. The number of hydrogen-bond acceptors (Lipinski definition) is 5. The number of thiophene rings is 1. The van der Waals surface area contributed by atoms with Crippen molar-refractivity contribution in [3.8, 4) is 0 Å². The zero-order valence-corrected chi connectivity index (χ0v) is 12.1. The molecule has 0 aliphatic heterocycles. The molecule has 0 fully saturated rings. The maximum Gasteiger partial charge on any atom is 0.345 e. The highest BCUT2D eigenvalue weighted by atomic mass is 32.2. The van der Waals surface area contributed by atoms with Crippen molar-refractivity contribution < 1.29 is 22.7 Å². The van der Waals surface area contributed by atoms with E-state index in [0.29, 0.717) is 11.3 Å². The summed E-state index contributed by atoms with van der Waals surface area (Å²) in [4.78, 5) is 10.7. The third-order valence-electron chi connectivity index (χ3n) is 2.80. The van der Waals surface area contributed by atoms with Crippen LogP contribution in [-0.2, 0) is 10.0 Å². The molecule has 0 saturated carbocycles. The van der Waals surface area contributed by atoms with Gasteiger partial charge in [0.1, 0.15) is 10.5 Å². The zero-order valence-electron chi connectivity index (χ0n) is 10.4. The molecule has 0 atom stereocenters. The van der Waals surface area contributed by atoms with E-state index in [4.69, 9.17) is 9.52 Å². The molecular weight excluding hydrogens is 314 g/mol. The van der Waals surface area contributed by atoms with Gasteiger partial charge >= 0.3 is 5.97 Å². The van der Waals surface area contributed by atoms with Crippen LogP contribution in [0, 0.1) is 0 Å². The summed E-state index contributed by atoms with van der Waals surface area (Å²) < 4.78 is 32.0. The topological polar surface area (TPSA) is 96.6 Å². The van der Waals surface area contributed by atoms with Crippen LogP contribution in [-0.4, -0.2) is 19.5 Å². The van der Waals surface area contributed by atoms with Crippen LogP contribution >= 0.6 is 11.3 Å². The Morgan fingerprint density at radius 1 is 1.24 bits per heavy atom. The van der Waals surface area contributed by atoms with E-state index in [-0.39, 0.29) is 9.77 Å². The molecule has 108 valence electrons. The highest BCUT2D eigenvalue weighted by Crippen LogP contribution is 2.24. The minimum atomic E-state index is -3.82. The number of aromatic carboxylic acids is 1. The summed E-state index contributed by atoms with van der Waals surface area (Å²) in [5.74, 6) is -1.15. The van der Waals surface area contributed by atoms with Gasteiger partial charge in [0.15, 0.2) is 0 Å². The van der Waals surface area contributed by atoms with Crippen LogP contribution in [0.15, 0.2) is 51.3 Å². The second-order valence-electron chi connectivity index (χ2n) is 4.23. The first-order valence-corrected chi connectivity index (χ1v) is 8.14. The number of hydrogen-bond donors (Lipinski definition) is 2. The van der Waals surface area contributed by atoms with Crippen molar-refractivity contribution in [3.05, 3.63) is 46.9 Å². The number of carboxylic acids is 1. The molecule has 0 saturated heterocycles. The summed E-state index contributed by atoms with van der Waals surface area (Å²) in [7, 11) is -3.82. The van der Waals surface area contributed by atoms with Gasteiger partial charge in [-0.1, -0.05) is 0 Å². The Hall–Kier alpha value is -2.32. The van der Waals surface area contributed by atoms with Gasteiger partial charge in [-0.25, -0.2) is 13.2 Å². The molecule has 2 aromatic heterocycles. The lowest BCUT2D eigenvalue weighted by Crippen LogP contribution is -2.12. The summed E-state index contributed by atoms with van der Waals surface area (Å²) in [5, 5.41) is 11.0. The van der Waals surface area contributed by atoms with E-state index < -0.39 is 16.0 Å². The molecule has 0 aliphatic rings. The molecule has 0 bridgehead atoms. The fourth-order valence-corrected chi connectivity index (χ4v) is 3.96. The average Bonchev–Trinajstić information content (AvgIpc) is 3.07. The normalized spacial score (nSPS) is 11.6. The molecule has 8 heteroatoms. The quantitative estimate of drug-likeness (QED) is 0.769. The van der Waals surface area contributed by atoms with Crippen molar-refractivity contribution in [2.75, 3.05) is 4.72 Å². The van der Waals surface area contributed by atoms with Gasteiger partial charge in [0, 0.05) is 16.8 Å². The fourth-order valence-electron chi connectivity index (χ4n) is 1.80. The number of anilines is 1. The number of nitrogens with one attached hydrogen (secondary N) is 1. The van der Waals surface area contributed by atoms with Crippen LogP contribution in [0.1, 0.15) is 9.67 Å². The zero-order chi connectivity index (χ0) is 15.0. The lowest BCUT2D eigenvalue weighted by Gasteiger charge is -2.06. The Morgan fingerprint density at radius 3 is 2.76 bits per heavy atom. The Labute approximate surface area is 123 Å². The summed E-state index contributed by atoms with van der Waals surface area (Å²) in [6.07, 6.45) is 1.51. The molecule has 1 aromatic carbocycles. The minimum Gasteiger partial charge on any atom is -0.477 e. The number of benzene rings is 1. The molecule has 0 spiro atoms. The van der Waals surface area contributed by atoms with E-state index in [0.717, 1.165) is 22.8 Å². The number of furan rings is 1. The predicted molar refractivity (Wildman–Crippen MR) is 78.3 cm³/mol. The highest BCUT2D eigenvalue weighted by Gasteiger charge is 2.18. The number of sulfonamides is 1. The molecule has 21 heavy (non-hydrogen) atoms. The third kappa shape index (κ3) is 2.63. The van der Waals surface area contributed by atoms with Gasteiger partial charge < -0.3 is 9.52 Å². The maximum atomic E-state index is 12.2. The molecule has 2 heterocycles. The van der Waals surface area contributed by atoms with Gasteiger partial charge in [0.05, 0.1) is 16.8 Å². The van der Waals surface area contributed by atoms with Crippen molar-refractivity contribution >= 4 is 44.0 Å². The maximum absolute atomic E-state index is 12.2. The van der Waals surface area contributed by atoms with E-state index in [1.807, 2.05) is 0 Å². The monoisotopic (exact) mass is 323 g/mol. The van der Waals surface area contributed by atoms with Gasteiger partial charge in [-0.2, -0.15) is 0 Å². The van der Waals surface area contributed by atoms with E-state index in [1.54, 1.807) is 24.3 Å². The number of carbonyl (C=O) groups is 1. The molecule has 6 nitrogen and oxygen atoms in total. The van der Waals surface area contributed by atoms with Crippen LogP contribution in [0.3, 0.4) is 0 Å². The molecule has 3 rings (SSSR count). The first-order chi connectivity index (χ1) is 9.95. The summed E-state index contributed by atoms with van der Waals surface area (Å²) in [6.45, 7) is 0. The Morgan fingerprint density at radius 2 is 2.05 bits per heavy atom. The lowest BCUT2D eigenvalue weighted by molar-refractivity contribution is 0.0702.